The van der Waals surface area contributed by atoms with Gasteiger partial charge in [-0.3, -0.25) is 19.7 Å². The van der Waals surface area contributed by atoms with Gasteiger partial charge < -0.3 is 15.0 Å². The van der Waals surface area contributed by atoms with Gasteiger partial charge in [0.15, 0.2) is 6.61 Å². The molecule has 1 saturated heterocycles. The van der Waals surface area contributed by atoms with E-state index in [2.05, 4.69) is 10.6 Å². The van der Waals surface area contributed by atoms with Crippen molar-refractivity contribution in [1.29, 1.82) is 0 Å². The second kappa shape index (κ2) is 11.8. The van der Waals surface area contributed by atoms with Gasteiger partial charge in [0.05, 0.1) is 5.92 Å². The molecule has 0 unspecified atom stereocenters. The van der Waals surface area contributed by atoms with Crippen LogP contribution in [0.3, 0.4) is 0 Å². The molecule has 1 aliphatic heterocycles. The molecule has 0 saturated carbocycles. The van der Waals surface area contributed by atoms with E-state index >= 15 is 0 Å². The van der Waals surface area contributed by atoms with Crippen molar-refractivity contribution in [2.24, 2.45) is 5.92 Å². The van der Waals surface area contributed by atoms with Gasteiger partial charge in [-0.15, -0.1) is 0 Å². The van der Waals surface area contributed by atoms with Gasteiger partial charge in [0.2, 0.25) is 5.91 Å². The molecule has 0 aliphatic carbocycles. The Balaban J connectivity index is 1.38. The number of hydrogen-bond donors (Lipinski definition) is 2. The number of nitrogens with zero attached hydrogens (tertiary/aromatic N) is 1. The van der Waals surface area contributed by atoms with Gasteiger partial charge in [-0.25, -0.2) is 4.79 Å². The van der Waals surface area contributed by atoms with Crippen LogP contribution in [-0.4, -0.2) is 48.4 Å². The van der Waals surface area contributed by atoms with E-state index in [9.17, 15) is 19.2 Å². The molecule has 0 radical (unpaired) electrons. The number of urea groups is 1. The normalized spacial score (nSPS) is 14.0. The second-order valence-corrected chi connectivity index (χ2v) is 8.20. The molecule has 1 fully saturated rings. The fraction of sp³-hybridized carbons (Fsp3) is 0.308. The summed E-state index contributed by atoms with van der Waals surface area (Å²) in [6, 6.07) is 14.3. The van der Waals surface area contributed by atoms with E-state index in [1.165, 1.54) is 6.08 Å². The first-order chi connectivity index (χ1) is 16.3. The Labute approximate surface area is 199 Å². The number of nitrogens with one attached hydrogen (secondary N) is 2. The van der Waals surface area contributed by atoms with Crippen LogP contribution in [-0.2, 0) is 19.1 Å². The summed E-state index contributed by atoms with van der Waals surface area (Å²) in [4.78, 5) is 50.4. The summed E-state index contributed by atoms with van der Waals surface area (Å²) in [5.41, 5.74) is 3.45. The summed E-state index contributed by atoms with van der Waals surface area (Å²) < 4.78 is 5.09. The Morgan fingerprint density at radius 3 is 2.41 bits per heavy atom. The van der Waals surface area contributed by atoms with Crippen molar-refractivity contribution in [1.82, 2.24) is 10.2 Å². The van der Waals surface area contributed by atoms with E-state index in [1.807, 2.05) is 50.2 Å². The maximum atomic E-state index is 12.4. The predicted molar refractivity (Wildman–Crippen MR) is 129 cm³/mol. The van der Waals surface area contributed by atoms with Crippen LogP contribution in [0.4, 0.5) is 10.5 Å². The highest BCUT2D eigenvalue weighted by molar-refractivity contribution is 6.02. The molecule has 2 aromatic rings. The molecule has 0 bridgehead atoms. The van der Waals surface area contributed by atoms with E-state index in [4.69, 9.17) is 4.74 Å². The third-order valence-corrected chi connectivity index (χ3v) is 5.81. The number of aryl methyl sites for hydroxylation is 1. The molecule has 2 N–H and O–H groups in total. The lowest BCUT2D eigenvalue weighted by Crippen LogP contribution is -2.41. The lowest BCUT2D eigenvalue weighted by Gasteiger charge is -2.30. The number of likely N-dealkylation sites (tertiary alicyclic amines) is 1. The minimum Gasteiger partial charge on any atom is -0.455 e. The van der Waals surface area contributed by atoms with E-state index in [0.717, 1.165) is 16.7 Å². The number of esters is 1. The van der Waals surface area contributed by atoms with Crippen LogP contribution in [0.5, 0.6) is 0 Å². The fourth-order valence-corrected chi connectivity index (χ4v) is 3.63. The van der Waals surface area contributed by atoms with Crippen LogP contribution in [0.2, 0.25) is 0 Å². The lowest BCUT2D eigenvalue weighted by atomic mass is 9.97. The predicted octanol–water partition coefficient (Wildman–Crippen LogP) is 3.45. The van der Waals surface area contributed by atoms with E-state index in [-0.39, 0.29) is 5.91 Å². The SMILES string of the molecule is Cc1cccc(NC(=O)NC(=O)COC(=O)C2CCN(C(=O)/C=C/c3ccccc3)CC2)c1C. The average molecular weight is 464 g/mol. The summed E-state index contributed by atoms with van der Waals surface area (Å²) in [5, 5.41) is 4.77. The Morgan fingerprint density at radius 1 is 1.00 bits per heavy atom. The number of ether oxygens (including phenoxy) is 1. The van der Waals surface area contributed by atoms with Crippen molar-refractivity contribution in [2.75, 3.05) is 25.0 Å². The maximum absolute atomic E-state index is 12.4. The third-order valence-electron chi connectivity index (χ3n) is 5.81. The van der Waals surface area contributed by atoms with Crippen molar-refractivity contribution < 1.29 is 23.9 Å². The first kappa shape index (κ1) is 24.7. The van der Waals surface area contributed by atoms with E-state index < -0.39 is 30.4 Å². The van der Waals surface area contributed by atoms with E-state index in [0.29, 0.717) is 31.6 Å². The van der Waals surface area contributed by atoms with Crippen LogP contribution in [0, 0.1) is 19.8 Å². The number of piperidine rings is 1. The summed E-state index contributed by atoms with van der Waals surface area (Å²) in [7, 11) is 0. The van der Waals surface area contributed by atoms with Crippen LogP contribution >= 0.6 is 0 Å². The van der Waals surface area contributed by atoms with Crippen molar-refractivity contribution in [3.05, 3.63) is 71.3 Å². The zero-order valence-electron chi connectivity index (χ0n) is 19.4. The van der Waals surface area contributed by atoms with Gasteiger partial charge in [-0.1, -0.05) is 42.5 Å². The van der Waals surface area contributed by atoms with Crippen molar-refractivity contribution in [2.45, 2.75) is 26.7 Å². The molecular weight excluding hydrogens is 434 g/mol. The number of carbonyl (C=O) groups is 4. The molecule has 4 amide bonds. The number of benzene rings is 2. The lowest BCUT2D eigenvalue weighted by molar-refractivity contribution is -0.154. The summed E-state index contributed by atoms with van der Waals surface area (Å²) in [6.07, 6.45) is 4.20. The van der Waals surface area contributed by atoms with Crippen LogP contribution in [0.15, 0.2) is 54.6 Å². The quantitative estimate of drug-likeness (QED) is 0.504. The summed E-state index contributed by atoms with van der Waals surface area (Å²) >= 11 is 0. The molecule has 3 rings (SSSR count). The number of hydrogen-bond acceptors (Lipinski definition) is 5. The third kappa shape index (κ3) is 7.03. The Morgan fingerprint density at radius 2 is 1.71 bits per heavy atom. The largest absolute Gasteiger partial charge is 0.455 e. The first-order valence-electron chi connectivity index (χ1n) is 11.2. The van der Waals surface area contributed by atoms with Crippen LogP contribution in [0.1, 0.15) is 29.5 Å². The number of carbonyl (C=O) groups excluding carboxylic acids is 4. The highest BCUT2D eigenvalue weighted by Gasteiger charge is 2.28. The van der Waals surface area contributed by atoms with Crippen molar-refractivity contribution in [3.8, 4) is 0 Å². The minimum absolute atomic E-state index is 0.107. The second-order valence-electron chi connectivity index (χ2n) is 8.20. The number of rotatable bonds is 6. The highest BCUT2D eigenvalue weighted by atomic mass is 16.5. The van der Waals surface area contributed by atoms with Crippen LogP contribution in [0.25, 0.3) is 6.08 Å². The topological polar surface area (TPSA) is 105 Å². The number of imide groups is 1. The maximum Gasteiger partial charge on any atom is 0.325 e. The monoisotopic (exact) mass is 463 g/mol. The molecule has 34 heavy (non-hydrogen) atoms. The van der Waals surface area contributed by atoms with Gasteiger partial charge in [0.1, 0.15) is 0 Å². The molecule has 1 heterocycles. The van der Waals surface area contributed by atoms with Gasteiger partial charge in [-0.05, 0) is 55.5 Å². The summed E-state index contributed by atoms with van der Waals surface area (Å²) in [5.74, 6) is -1.71. The molecule has 8 nitrogen and oxygen atoms in total. The smallest absolute Gasteiger partial charge is 0.325 e. The summed E-state index contributed by atoms with van der Waals surface area (Å²) in [6.45, 7) is 4.11. The number of anilines is 1. The van der Waals surface area contributed by atoms with Crippen molar-refractivity contribution >= 4 is 35.6 Å². The molecule has 1 aliphatic rings. The minimum atomic E-state index is -0.713. The van der Waals surface area contributed by atoms with E-state index in [1.54, 1.807) is 23.1 Å². The fourth-order valence-electron chi connectivity index (χ4n) is 3.63. The molecular formula is C26H29N3O5. The first-order valence-corrected chi connectivity index (χ1v) is 11.2. The standard InChI is InChI=1S/C26H29N3O5/c1-18-7-6-10-22(19(18)2)27-26(33)28-23(30)17-34-25(32)21-13-15-29(16-14-21)24(31)12-11-20-8-4-3-5-9-20/h3-12,21H,13-17H2,1-2H3,(H2,27,28,30,33)/b12-11+. The zero-order valence-corrected chi connectivity index (χ0v) is 19.4. The molecule has 0 spiro atoms. The Hall–Kier alpha value is -3.94. The molecule has 178 valence electrons. The molecule has 0 atom stereocenters. The molecule has 0 aromatic heterocycles. The van der Waals surface area contributed by atoms with Gasteiger partial charge in [0, 0.05) is 24.9 Å². The number of amides is 4. The average Bonchev–Trinajstić information content (AvgIpc) is 2.84. The highest BCUT2D eigenvalue weighted by Crippen LogP contribution is 2.20. The van der Waals surface area contributed by atoms with Gasteiger partial charge in [-0.2, -0.15) is 0 Å². The Kier molecular flexibility index (Phi) is 8.56. The Bertz CT molecular complexity index is 1070. The molecule has 2 aromatic carbocycles. The molecule has 8 heteroatoms. The van der Waals surface area contributed by atoms with Gasteiger partial charge >= 0.3 is 12.0 Å². The van der Waals surface area contributed by atoms with Crippen molar-refractivity contribution in [3.63, 3.8) is 0 Å². The van der Waals surface area contributed by atoms with Gasteiger partial charge in [0.25, 0.3) is 5.91 Å². The van der Waals surface area contributed by atoms with Crippen LogP contribution < -0.4 is 10.6 Å². The zero-order chi connectivity index (χ0) is 24.5.